The highest BCUT2D eigenvalue weighted by atomic mass is 32.1. The molecule has 2 rings (SSSR count). The van der Waals surface area contributed by atoms with Gasteiger partial charge in [-0.1, -0.05) is 43.1 Å². The van der Waals surface area contributed by atoms with Crippen LogP contribution in [0.4, 0.5) is 0 Å². The van der Waals surface area contributed by atoms with E-state index in [9.17, 15) is 4.79 Å². The Morgan fingerprint density at radius 2 is 2.05 bits per heavy atom. The summed E-state index contributed by atoms with van der Waals surface area (Å²) in [6.07, 6.45) is 9.22. The van der Waals surface area contributed by atoms with Crippen LogP contribution in [0.1, 0.15) is 38.5 Å². The molecular weight excluding hydrogens is 274 g/mol. The van der Waals surface area contributed by atoms with Crippen LogP contribution in [0.3, 0.4) is 0 Å². The third-order valence-corrected chi connectivity index (χ3v) is 4.35. The van der Waals surface area contributed by atoms with Crippen LogP contribution in [0.15, 0.2) is 12.4 Å². The number of aromatic nitrogens is 3. The Labute approximate surface area is 124 Å². The molecule has 1 aromatic heterocycles. The van der Waals surface area contributed by atoms with Crippen molar-refractivity contribution in [1.82, 2.24) is 20.3 Å². The van der Waals surface area contributed by atoms with Crippen LogP contribution in [0, 0.1) is 5.41 Å². The van der Waals surface area contributed by atoms with E-state index in [0.717, 1.165) is 38.5 Å². The Morgan fingerprint density at radius 3 is 2.60 bits per heavy atom. The Balaban J connectivity index is 1.94. The van der Waals surface area contributed by atoms with Crippen molar-refractivity contribution in [3.05, 3.63) is 12.4 Å². The fourth-order valence-corrected chi connectivity index (χ4v) is 3.02. The van der Waals surface area contributed by atoms with Gasteiger partial charge in [-0.3, -0.25) is 9.48 Å². The van der Waals surface area contributed by atoms with Gasteiger partial charge in [-0.2, -0.15) is 0 Å². The number of thiocarbonyl (C=S) groups is 1. The lowest BCUT2D eigenvalue weighted by atomic mass is 9.79. The van der Waals surface area contributed by atoms with Gasteiger partial charge < -0.3 is 11.1 Å². The Hall–Kier alpha value is -1.50. The molecule has 110 valence electrons. The van der Waals surface area contributed by atoms with Gasteiger partial charge in [0, 0.05) is 12.7 Å². The molecule has 0 aromatic carbocycles. The van der Waals surface area contributed by atoms with Crippen molar-refractivity contribution in [3.8, 4) is 0 Å². The standard InChI is InChI=1S/C13H21N5OS/c14-11(20)13(5-3-1-2-4-6-13)12(19)15-7-9-18-10-8-16-17-18/h8,10H,1-7,9H2,(H2,14,20)(H,15,19). The molecule has 0 radical (unpaired) electrons. The highest BCUT2D eigenvalue weighted by Gasteiger charge is 2.41. The van der Waals surface area contributed by atoms with Crippen molar-refractivity contribution in [2.24, 2.45) is 11.1 Å². The van der Waals surface area contributed by atoms with E-state index in [-0.39, 0.29) is 5.91 Å². The predicted molar refractivity (Wildman–Crippen MR) is 80.0 cm³/mol. The number of hydrogen-bond donors (Lipinski definition) is 2. The van der Waals surface area contributed by atoms with Crippen molar-refractivity contribution >= 4 is 23.1 Å². The Morgan fingerprint density at radius 1 is 1.35 bits per heavy atom. The van der Waals surface area contributed by atoms with Crippen LogP contribution in [-0.4, -0.2) is 32.4 Å². The summed E-state index contributed by atoms with van der Waals surface area (Å²) in [7, 11) is 0. The minimum atomic E-state index is -0.659. The van der Waals surface area contributed by atoms with Gasteiger partial charge in [0.15, 0.2) is 0 Å². The number of carbonyl (C=O) groups is 1. The fraction of sp³-hybridized carbons (Fsp3) is 0.692. The summed E-state index contributed by atoms with van der Waals surface area (Å²) < 4.78 is 1.68. The van der Waals surface area contributed by atoms with Crippen molar-refractivity contribution in [2.75, 3.05) is 6.54 Å². The molecule has 1 saturated carbocycles. The lowest BCUT2D eigenvalue weighted by Crippen LogP contribution is -2.49. The molecule has 6 nitrogen and oxygen atoms in total. The molecule has 0 spiro atoms. The Kier molecular flexibility index (Phi) is 5.05. The molecule has 3 N–H and O–H groups in total. The maximum atomic E-state index is 12.5. The second kappa shape index (κ2) is 6.78. The summed E-state index contributed by atoms with van der Waals surface area (Å²) in [6, 6.07) is 0. The SMILES string of the molecule is NC(=S)C1(C(=O)NCCn2ccnn2)CCCCCC1. The molecule has 7 heteroatoms. The lowest BCUT2D eigenvalue weighted by molar-refractivity contribution is -0.128. The molecule has 0 atom stereocenters. The normalized spacial score (nSPS) is 18.2. The van der Waals surface area contributed by atoms with Crippen LogP contribution in [0.2, 0.25) is 0 Å². The Bertz CT molecular complexity index is 451. The van der Waals surface area contributed by atoms with E-state index in [1.807, 2.05) is 0 Å². The van der Waals surface area contributed by atoms with E-state index in [1.165, 1.54) is 0 Å². The number of nitrogens with zero attached hydrogens (tertiary/aromatic N) is 3. The number of rotatable bonds is 5. The summed E-state index contributed by atoms with van der Waals surface area (Å²) in [6.45, 7) is 1.10. The molecule has 1 fully saturated rings. The molecule has 1 aromatic rings. The summed E-state index contributed by atoms with van der Waals surface area (Å²) in [5.41, 5.74) is 5.22. The van der Waals surface area contributed by atoms with Gasteiger partial charge in [0.25, 0.3) is 0 Å². The predicted octanol–water partition coefficient (Wildman–Crippen LogP) is 1.02. The lowest BCUT2D eigenvalue weighted by Gasteiger charge is -2.30. The highest BCUT2D eigenvalue weighted by molar-refractivity contribution is 7.80. The van der Waals surface area contributed by atoms with E-state index in [2.05, 4.69) is 15.6 Å². The molecular formula is C13H21N5OS. The summed E-state index contributed by atoms with van der Waals surface area (Å²) in [5.74, 6) is -0.0352. The van der Waals surface area contributed by atoms with Gasteiger partial charge in [-0.25, -0.2) is 0 Å². The van der Waals surface area contributed by atoms with Crippen molar-refractivity contribution in [3.63, 3.8) is 0 Å². The zero-order valence-corrected chi connectivity index (χ0v) is 12.4. The van der Waals surface area contributed by atoms with Crippen LogP contribution < -0.4 is 11.1 Å². The summed E-state index contributed by atoms with van der Waals surface area (Å²) >= 11 is 5.18. The zero-order chi connectivity index (χ0) is 14.4. The largest absolute Gasteiger partial charge is 0.392 e. The topological polar surface area (TPSA) is 85.8 Å². The van der Waals surface area contributed by atoms with Gasteiger partial charge >= 0.3 is 0 Å². The average Bonchev–Trinajstić information content (AvgIpc) is 2.80. The van der Waals surface area contributed by atoms with Crippen molar-refractivity contribution < 1.29 is 4.79 Å². The number of nitrogens with one attached hydrogen (secondary N) is 1. The number of carbonyl (C=O) groups excluding carboxylic acids is 1. The first-order chi connectivity index (χ1) is 9.65. The first-order valence-electron chi connectivity index (χ1n) is 7.07. The molecule has 1 aliphatic rings. The third kappa shape index (κ3) is 3.33. The van der Waals surface area contributed by atoms with E-state index in [4.69, 9.17) is 18.0 Å². The van der Waals surface area contributed by atoms with E-state index < -0.39 is 5.41 Å². The molecule has 0 bridgehead atoms. The number of amides is 1. The molecule has 1 amide bonds. The molecule has 20 heavy (non-hydrogen) atoms. The van der Waals surface area contributed by atoms with Gasteiger partial charge in [0.2, 0.25) is 5.91 Å². The van der Waals surface area contributed by atoms with Crippen LogP contribution in [0.25, 0.3) is 0 Å². The van der Waals surface area contributed by atoms with E-state index in [0.29, 0.717) is 18.1 Å². The maximum Gasteiger partial charge on any atom is 0.233 e. The van der Waals surface area contributed by atoms with E-state index in [1.54, 1.807) is 17.1 Å². The smallest absolute Gasteiger partial charge is 0.233 e. The third-order valence-electron chi connectivity index (χ3n) is 3.96. The van der Waals surface area contributed by atoms with Gasteiger partial charge in [-0.15, -0.1) is 5.10 Å². The van der Waals surface area contributed by atoms with Crippen LogP contribution >= 0.6 is 12.2 Å². The van der Waals surface area contributed by atoms with E-state index >= 15 is 0 Å². The highest BCUT2D eigenvalue weighted by Crippen LogP contribution is 2.35. The average molecular weight is 295 g/mol. The second-order valence-electron chi connectivity index (χ2n) is 5.28. The summed E-state index contributed by atoms with van der Waals surface area (Å²) in [4.78, 5) is 12.9. The van der Waals surface area contributed by atoms with Crippen molar-refractivity contribution in [1.29, 1.82) is 0 Å². The molecule has 0 saturated heterocycles. The van der Waals surface area contributed by atoms with Crippen LogP contribution in [0.5, 0.6) is 0 Å². The monoisotopic (exact) mass is 295 g/mol. The summed E-state index contributed by atoms with van der Waals surface area (Å²) in [5, 5.41) is 10.5. The van der Waals surface area contributed by atoms with Gasteiger partial charge in [0.1, 0.15) is 0 Å². The molecule has 0 aliphatic heterocycles. The first-order valence-corrected chi connectivity index (χ1v) is 7.48. The van der Waals surface area contributed by atoms with Gasteiger partial charge in [-0.05, 0) is 12.8 Å². The molecule has 1 aliphatic carbocycles. The quantitative estimate of drug-likeness (QED) is 0.626. The van der Waals surface area contributed by atoms with Gasteiger partial charge in [0.05, 0.1) is 23.1 Å². The van der Waals surface area contributed by atoms with Crippen molar-refractivity contribution in [2.45, 2.75) is 45.1 Å². The second-order valence-corrected chi connectivity index (χ2v) is 5.72. The molecule has 1 heterocycles. The minimum absolute atomic E-state index is 0.0352. The number of nitrogens with two attached hydrogens (primary N) is 1. The fourth-order valence-electron chi connectivity index (χ4n) is 2.72. The first kappa shape index (κ1) is 14.9. The van der Waals surface area contributed by atoms with Crippen LogP contribution in [-0.2, 0) is 11.3 Å². The molecule has 0 unspecified atom stereocenters. The number of hydrogen-bond acceptors (Lipinski definition) is 4. The maximum absolute atomic E-state index is 12.5. The zero-order valence-electron chi connectivity index (χ0n) is 11.5. The minimum Gasteiger partial charge on any atom is -0.392 e.